The first-order valence-corrected chi connectivity index (χ1v) is 9.63. The molecule has 0 unspecified atom stereocenters. The number of carbonyl (C=O) groups is 2. The van der Waals surface area contributed by atoms with Gasteiger partial charge in [0.1, 0.15) is 5.92 Å². The summed E-state index contributed by atoms with van der Waals surface area (Å²) in [5.74, 6) is -1.37. The molecule has 0 spiro atoms. The molecule has 3 atom stereocenters. The highest BCUT2D eigenvalue weighted by Gasteiger charge is 2.60. The summed E-state index contributed by atoms with van der Waals surface area (Å²) in [5.41, 5.74) is 2.59. The van der Waals surface area contributed by atoms with Crippen molar-refractivity contribution < 1.29 is 14.4 Å². The number of hydrogen-bond donors (Lipinski definition) is 0. The molecular weight excluding hydrogens is 378 g/mol. The molecule has 2 fully saturated rings. The van der Waals surface area contributed by atoms with E-state index in [4.69, 9.17) is 10.1 Å². The van der Waals surface area contributed by atoms with Gasteiger partial charge in [0.2, 0.25) is 5.91 Å². The average molecular weight is 395 g/mol. The first kappa shape index (κ1) is 18.1. The van der Waals surface area contributed by atoms with Crippen LogP contribution in [0.1, 0.15) is 17.2 Å². The molecule has 30 heavy (non-hydrogen) atoms. The third kappa shape index (κ3) is 2.76. The van der Waals surface area contributed by atoms with E-state index in [0.29, 0.717) is 11.3 Å². The molecule has 2 amide bonds. The minimum atomic E-state index is -0.904. The van der Waals surface area contributed by atoms with Gasteiger partial charge in [-0.1, -0.05) is 48.5 Å². The van der Waals surface area contributed by atoms with E-state index >= 15 is 0 Å². The number of fused-ring (bicyclic) bond motifs is 1. The second kappa shape index (κ2) is 7.14. The molecule has 6 nitrogen and oxygen atoms in total. The van der Waals surface area contributed by atoms with Crippen LogP contribution >= 0.6 is 0 Å². The summed E-state index contributed by atoms with van der Waals surface area (Å²) in [6, 6.07) is 27.1. The molecule has 146 valence electrons. The fourth-order valence-corrected chi connectivity index (χ4v) is 4.14. The number of imide groups is 1. The summed E-state index contributed by atoms with van der Waals surface area (Å²) in [6.07, 6.45) is -0.904. The lowest BCUT2D eigenvalue weighted by atomic mass is 9.90. The Labute approximate surface area is 173 Å². The number of nitrogens with zero attached hydrogens (tertiary/aromatic N) is 3. The smallest absolute Gasteiger partial charge is 0.266 e. The van der Waals surface area contributed by atoms with Crippen molar-refractivity contribution in [3.05, 3.63) is 96.1 Å². The van der Waals surface area contributed by atoms with Gasteiger partial charge in [-0.15, -0.1) is 0 Å². The van der Waals surface area contributed by atoms with Gasteiger partial charge in [0.15, 0.2) is 6.10 Å². The van der Waals surface area contributed by atoms with Crippen molar-refractivity contribution in [1.29, 1.82) is 5.26 Å². The van der Waals surface area contributed by atoms with Gasteiger partial charge >= 0.3 is 0 Å². The zero-order valence-corrected chi connectivity index (χ0v) is 15.9. The quantitative estimate of drug-likeness (QED) is 0.634. The van der Waals surface area contributed by atoms with E-state index in [1.165, 1.54) is 4.90 Å². The lowest BCUT2D eigenvalue weighted by molar-refractivity contribution is -0.126. The topological polar surface area (TPSA) is 73.6 Å². The SMILES string of the molecule is N#Cc1ccc(N2C(=O)[C@@H]3[C@@H](ON(c4ccccc4)[C@H]3c3ccccc3)C2=O)cc1. The Kier molecular flexibility index (Phi) is 4.31. The van der Waals surface area contributed by atoms with Gasteiger partial charge in [-0.3, -0.25) is 14.4 Å². The molecule has 2 aliphatic rings. The van der Waals surface area contributed by atoms with Gasteiger partial charge in [0, 0.05) is 0 Å². The number of nitriles is 1. The third-order valence-electron chi connectivity index (χ3n) is 5.52. The highest BCUT2D eigenvalue weighted by atomic mass is 16.7. The predicted molar refractivity (Wildman–Crippen MR) is 110 cm³/mol. The number of benzene rings is 3. The lowest BCUT2D eigenvalue weighted by Gasteiger charge is -2.28. The van der Waals surface area contributed by atoms with Crippen molar-refractivity contribution in [2.45, 2.75) is 12.1 Å². The number of para-hydroxylation sites is 1. The van der Waals surface area contributed by atoms with E-state index in [-0.39, 0.29) is 5.91 Å². The minimum Gasteiger partial charge on any atom is -0.273 e. The summed E-state index contributed by atoms with van der Waals surface area (Å²) < 4.78 is 0. The van der Waals surface area contributed by atoms with E-state index < -0.39 is 24.0 Å². The van der Waals surface area contributed by atoms with Crippen molar-refractivity contribution in [3.8, 4) is 6.07 Å². The van der Waals surface area contributed by atoms with Crippen LogP contribution in [0.4, 0.5) is 11.4 Å². The van der Waals surface area contributed by atoms with Gasteiger partial charge in [-0.05, 0) is 42.0 Å². The molecule has 0 bridgehead atoms. The van der Waals surface area contributed by atoms with Crippen LogP contribution in [-0.4, -0.2) is 17.9 Å². The number of amides is 2. The zero-order chi connectivity index (χ0) is 20.7. The molecule has 2 saturated heterocycles. The summed E-state index contributed by atoms with van der Waals surface area (Å²) in [6.45, 7) is 0. The zero-order valence-electron chi connectivity index (χ0n) is 15.9. The Balaban J connectivity index is 1.56. The molecule has 6 heteroatoms. The van der Waals surface area contributed by atoms with E-state index in [1.54, 1.807) is 29.3 Å². The summed E-state index contributed by atoms with van der Waals surface area (Å²) >= 11 is 0. The van der Waals surface area contributed by atoms with Crippen LogP contribution in [0, 0.1) is 17.2 Å². The minimum absolute atomic E-state index is 0.304. The normalized spacial score (nSPS) is 22.8. The summed E-state index contributed by atoms with van der Waals surface area (Å²) in [5, 5.41) is 10.7. The largest absolute Gasteiger partial charge is 0.273 e. The molecule has 2 aliphatic heterocycles. The van der Waals surface area contributed by atoms with E-state index in [2.05, 4.69) is 0 Å². The van der Waals surface area contributed by atoms with Gasteiger partial charge in [-0.25, -0.2) is 9.96 Å². The fourth-order valence-electron chi connectivity index (χ4n) is 4.14. The number of anilines is 2. The van der Waals surface area contributed by atoms with Gasteiger partial charge in [-0.2, -0.15) is 5.26 Å². The monoisotopic (exact) mass is 395 g/mol. The molecule has 3 aromatic carbocycles. The predicted octanol–water partition coefficient (Wildman–Crippen LogP) is 3.61. The Morgan fingerprint density at radius 1 is 0.767 bits per heavy atom. The van der Waals surface area contributed by atoms with Gasteiger partial charge in [0.25, 0.3) is 5.91 Å². The number of rotatable bonds is 3. The highest BCUT2D eigenvalue weighted by Crippen LogP contribution is 2.47. The molecule has 0 saturated carbocycles. The molecule has 0 aliphatic carbocycles. The lowest BCUT2D eigenvalue weighted by Crippen LogP contribution is -2.37. The molecular formula is C24H17N3O3. The van der Waals surface area contributed by atoms with Crippen molar-refractivity contribution in [1.82, 2.24) is 0 Å². The molecule has 0 aromatic heterocycles. The van der Waals surface area contributed by atoms with Crippen LogP contribution in [0.3, 0.4) is 0 Å². The second-order valence-corrected chi connectivity index (χ2v) is 7.24. The van der Waals surface area contributed by atoms with Crippen LogP contribution in [0.25, 0.3) is 0 Å². The first-order chi connectivity index (χ1) is 14.7. The second-order valence-electron chi connectivity index (χ2n) is 7.24. The van der Waals surface area contributed by atoms with Crippen molar-refractivity contribution in [3.63, 3.8) is 0 Å². The number of hydrogen-bond acceptors (Lipinski definition) is 5. The Bertz CT molecular complexity index is 1140. The van der Waals surface area contributed by atoms with Crippen LogP contribution in [-0.2, 0) is 14.4 Å². The molecule has 3 aromatic rings. The van der Waals surface area contributed by atoms with Gasteiger partial charge < -0.3 is 0 Å². The maximum Gasteiger partial charge on any atom is 0.266 e. The third-order valence-corrected chi connectivity index (χ3v) is 5.52. The van der Waals surface area contributed by atoms with Crippen molar-refractivity contribution in [2.24, 2.45) is 5.92 Å². The Morgan fingerprint density at radius 2 is 1.40 bits per heavy atom. The first-order valence-electron chi connectivity index (χ1n) is 9.63. The van der Waals surface area contributed by atoms with Crippen LogP contribution in [0.5, 0.6) is 0 Å². The maximum atomic E-state index is 13.4. The summed E-state index contributed by atoms with van der Waals surface area (Å²) in [7, 11) is 0. The molecule has 0 radical (unpaired) electrons. The summed E-state index contributed by atoms with van der Waals surface area (Å²) in [4.78, 5) is 33.9. The van der Waals surface area contributed by atoms with Crippen LogP contribution in [0.15, 0.2) is 84.9 Å². The van der Waals surface area contributed by atoms with E-state index in [1.807, 2.05) is 66.7 Å². The Morgan fingerprint density at radius 3 is 2.03 bits per heavy atom. The maximum absolute atomic E-state index is 13.4. The molecule has 2 heterocycles. The Hall–Kier alpha value is -3.95. The van der Waals surface area contributed by atoms with Crippen molar-refractivity contribution in [2.75, 3.05) is 9.96 Å². The van der Waals surface area contributed by atoms with E-state index in [0.717, 1.165) is 11.3 Å². The number of hydroxylamine groups is 1. The fraction of sp³-hybridized carbons (Fsp3) is 0.125. The average Bonchev–Trinajstić information content (AvgIpc) is 3.31. The number of carbonyl (C=O) groups excluding carboxylic acids is 2. The standard InChI is InChI=1S/C24H17N3O3/c25-15-16-11-13-18(14-12-16)26-23(28)20-21(17-7-3-1-4-8-17)27(30-22(20)24(26)29)19-9-5-2-6-10-19/h1-14,20-22H/t20-,21-,22+/m0/s1. The highest BCUT2D eigenvalue weighted by molar-refractivity contribution is 6.23. The van der Waals surface area contributed by atoms with Crippen LogP contribution < -0.4 is 9.96 Å². The van der Waals surface area contributed by atoms with Crippen LogP contribution in [0.2, 0.25) is 0 Å². The molecule has 0 N–H and O–H groups in total. The van der Waals surface area contributed by atoms with Gasteiger partial charge in [0.05, 0.1) is 29.0 Å². The van der Waals surface area contributed by atoms with Crippen molar-refractivity contribution >= 4 is 23.2 Å². The van der Waals surface area contributed by atoms with E-state index in [9.17, 15) is 9.59 Å². The molecule has 5 rings (SSSR count).